The molecule has 4 aromatic rings. The molecule has 47 heavy (non-hydrogen) atoms. The lowest BCUT2D eigenvalue weighted by Gasteiger charge is -2.31. The normalized spacial score (nSPS) is 18.8. The maximum Gasteiger partial charge on any atom is 0.424 e. The van der Waals surface area contributed by atoms with Gasteiger partial charge in [-0.05, 0) is 62.2 Å². The minimum absolute atomic E-state index is 0.0439. The van der Waals surface area contributed by atoms with Gasteiger partial charge in [-0.15, -0.1) is 0 Å². The zero-order valence-electron chi connectivity index (χ0n) is 24.9. The highest BCUT2D eigenvalue weighted by atomic mass is 19.4. The van der Waals surface area contributed by atoms with E-state index in [1.54, 1.807) is 10.9 Å². The van der Waals surface area contributed by atoms with Crippen LogP contribution in [0.1, 0.15) is 47.4 Å². The lowest BCUT2D eigenvalue weighted by Crippen LogP contribution is -2.51. The van der Waals surface area contributed by atoms with E-state index in [1.165, 1.54) is 38.3 Å². The van der Waals surface area contributed by atoms with Gasteiger partial charge in [0.1, 0.15) is 40.5 Å². The highest BCUT2D eigenvalue weighted by Crippen LogP contribution is 2.48. The number of aliphatic hydroxyl groups is 1. The molecule has 0 bridgehead atoms. The van der Waals surface area contributed by atoms with E-state index in [9.17, 15) is 36.6 Å². The third-order valence-electron chi connectivity index (χ3n) is 8.36. The number of primary amides is 1. The lowest BCUT2D eigenvalue weighted by atomic mass is 9.81. The van der Waals surface area contributed by atoms with Gasteiger partial charge in [0.25, 0.3) is 5.91 Å². The topological polar surface area (TPSA) is 151 Å². The first-order chi connectivity index (χ1) is 22.1. The zero-order valence-corrected chi connectivity index (χ0v) is 24.9. The van der Waals surface area contributed by atoms with Crippen LogP contribution in [0.4, 0.5) is 22.0 Å². The van der Waals surface area contributed by atoms with Crippen molar-refractivity contribution in [3.05, 3.63) is 65.5 Å². The summed E-state index contributed by atoms with van der Waals surface area (Å²) >= 11 is 0. The van der Waals surface area contributed by atoms with E-state index in [-0.39, 0.29) is 52.3 Å². The number of amides is 2. The van der Waals surface area contributed by atoms with Gasteiger partial charge in [-0.1, -0.05) is 0 Å². The number of ether oxygens (including phenoxy) is 3. The summed E-state index contributed by atoms with van der Waals surface area (Å²) in [7, 11) is 1.37. The fourth-order valence-corrected chi connectivity index (χ4v) is 5.37. The largest absolute Gasteiger partial charge is 0.494 e. The molecule has 1 fully saturated rings. The van der Waals surface area contributed by atoms with Gasteiger partial charge in [-0.3, -0.25) is 14.3 Å². The van der Waals surface area contributed by atoms with E-state index in [2.05, 4.69) is 20.1 Å². The van der Waals surface area contributed by atoms with Crippen molar-refractivity contribution in [3.63, 3.8) is 0 Å². The Morgan fingerprint density at radius 3 is 2.49 bits per heavy atom. The molecule has 11 nitrogen and oxygen atoms in total. The first kappa shape index (κ1) is 32.0. The summed E-state index contributed by atoms with van der Waals surface area (Å²) in [5.74, 6) is -1.95. The number of hydrogen-bond acceptors (Lipinski definition) is 8. The van der Waals surface area contributed by atoms with Gasteiger partial charge >= 0.3 is 12.8 Å². The van der Waals surface area contributed by atoms with Crippen molar-refractivity contribution in [1.29, 1.82) is 0 Å². The number of rotatable bonds is 10. The molecular weight excluding hydrogens is 633 g/mol. The van der Waals surface area contributed by atoms with E-state index < -0.39 is 47.9 Å². The van der Waals surface area contributed by atoms with Crippen LogP contribution in [-0.4, -0.2) is 64.7 Å². The van der Waals surface area contributed by atoms with Crippen molar-refractivity contribution in [2.45, 2.75) is 49.6 Å². The van der Waals surface area contributed by atoms with Crippen LogP contribution >= 0.6 is 0 Å². The molecule has 2 aromatic heterocycles. The van der Waals surface area contributed by atoms with Gasteiger partial charge in [0.2, 0.25) is 11.5 Å². The Morgan fingerprint density at radius 1 is 1.19 bits per heavy atom. The van der Waals surface area contributed by atoms with Crippen molar-refractivity contribution in [2.75, 3.05) is 20.3 Å². The number of nitrogens with zero attached hydrogens (tertiary/aromatic N) is 3. The molecule has 1 aliphatic heterocycles. The van der Waals surface area contributed by atoms with Crippen molar-refractivity contribution >= 4 is 22.7 Å². The fourth-order valence-electron chi connectivity index (χ4n) is 5.37. The van der Waals surface area contributed by atoms with Crippen molar-refractivity contribution in [3.8, 4) is 28.5 Å². The smallest absolute Gasteiger partial charge is 0.424 e. The predicted octanol–water partition coefficient (Wildman–Crippen LogP) is 4.36. The maximum absolute atomic E-state index is 14.8. The van der Waals surface area contributed by atoms with E-state index in [0.29, 0.717) is 10.9 Å². The molecule has 248 valence electrons. The maximum atomic E-state index is 14.8. The third kappa shape index (κ3) is 5.66. The minimum Gasteiger partial charge on any atom is -0.494 e. The molecule has 6 rings (SSSR count). The lowest BCUT2D eigenvalue weighted by molar-refractivity contribution is -0.265. The van der Waals surface area contributed by atoms with Crippen molar-refractivity contribution in [1.82, 2.24) is 20.1 Å². The number of nitrogens with one attached hydrogen (secondary N) is 1. The average molecular weight is 662 g/mol. The summed E-state index contributed by atoms with van der Waals surface area (Å²) in [6.45, 7) is -3.48. The third-order valence-corrected chi connectivity index (χ3v) is 8.36. The minimum atomic E-state index is -5.40. The number of fused-ring (bicyclic) bond motifs is 2. The number of methoxy groups -OCH3 is 1. The second kappa shape index (κ2) is 11.4. The van der Waals surface area contributed by atoms with Gasteiger partial charge in [-0.25, -0.2) is 4.98 Å². The Balaban J connectivity index is 1.39. The Hall–Kier alpha value is -4.99. The number of carbonyl (C=O) groups is 2. The summed E-state index contributed by atoms with van der Waals surface area (Å²) < 4.78 is 86.9. The highest BCUT2D eigenvalue weighted by Gasteiger charge is 2.57. The molecule has 1 unspecified atom stereocenters. The van der Waals surface area contributed by atoms with Crippen LogP contribution < -0.4 is 25.3 Å². The number of hydrogen-bond donors (Lipinski definition) is 3. The van der Waals surface area contributed by atoms with Crippen LogP contribution in [0.5, 0.6) is 17.2 Å². The number of halogens is 5. The SMILES string of the molecule is COc1cc(C(=O)NCC(O)(c2cc3c(c(-c4ccc(OC(F)F)cc4)n2)OC[C@]3(C)C(N)=O)C(F)(F)F)cc2cn(C3CC3)nc12. The Kier molecular flexibility index (Phi) is 7.73. The van der Waals surface area contributed by atoms with Gasteiger partial charge in [-0.2, -0.15) is 27.1 Å². The monoisotopic (exact) mass is 661 g/mol. The van der Waals surface area contributed by atoms with Crippen LogP contribution in [0.25, 0.3) is 22.2 Å². The summed E-state index contributed by atoms with van der Waals surface area (Å²) in [5, 5.41) is 18.5. The number of aromatic nitrogens is 3. The predicted molar refractivity (Wildman–Crippen MR) is 155 cm³/mol. The molecule has 0 saturated heterocycles. The van der Waals surface area contributed by atoms with Crippen LogP contribution in [0, 0.1) is 0 Å². The number of benzene rings is 2. The molecule has 2 atom stereocenters. The molecule has 3 heterocycles. The summed E-state index contributed by atoms with van der Waals surface area (Å²) in [6.07, 6.45) is -1.79. The van der Waals surface area contributed by atoms with E-state index in [0.717, 1.165) is 31.0 Å². The molecule has 1 saturated carbocycles. The van der Waals surface area contributed by atoms with Crippen LogP contribution in [-0.2, 0) is 15.8 Å². The number of pyridine rings is 1. The second-order valence-electron chi connectivity index (χ2n) is 11.6. The van der Waals surface area contributed by atoms with E-state index in [4.69, 9.17) is 15.2 Å². The fraction of sp³-hybridized carbons (Fsp3) is 0.355. The van der Waals surface area contributed by atoms with Crippen LogP contribution in [0.2, 0.25) is 0 Å². The Labute approximate surface area is 263 Å². The summed E-state index contributed by atoms with van der Waals surface area (Å²) in [6, 6.07) is 8.65. The molecular formula is C31H28F5N5O6. The van der Waals surface area contributed by atoms with Crippen LogP contribution in [0.3, 0.4) is 0 Å². The highest BCUT2D eigenvalue weighted by molar-refractivity contribution is 6.00. The number of carbonyl (C=O) groups excluding carboxylic acids is 2. The van der Waals surface area contributed by atoms with Gasteiger partial charge < -0.3 is 30.4 Å². The van der Waals surface area contributed by atoms with Crippen molar-refractivity contribution < 1.29 is 50.9 Å². The molecule has 2 aromatic carbocycles. The molecule has 0 spiro atoms. The van der Waals surface area contributed by atoms with Gasteiger partial charge in [0.15, 0.2) is 0 Å². The molecule has 16 heteroatoms. The Bertz CT molecular complexity index is 1880. The zero-order chi connectivity index (χ0) is 33.9. The van der Waals surface area contributed by atoms with Gasteiger partial charge in [0.05, 0.1) is 25.4 Å². The standard InChI is InChI=1S/C31H28F5N5O6/c1-29(27(37)43)14-46-25-20(29)11-22(39-24(25)15-3-7-19(8-4-15)47-28(32)33)30(44,31(34,35)36)13-38-26(42)16-9-17-12-41(18-5-6-18)40-23(17)21(10-16)45-2/h3-4,7-12,18,28,44H,5-6,13-14H2,1-2H3,(H2,37,43)(H,38,42)/t29-,30?/m0/s1. The molecule has 2 amide bonds. The first-order valence-electron chi connectivity index (χ1n) is 14.3. The first-order valence-corrected chi connectivity index (χ1v) is 14.3. The van der Waals surface area contributed by atoms with Gasteiger partial charge in [0, 0.05) is 28.3 Å². The van der Waals surface area contributed by atoms with E-state index >= 15 is 0 Å². The number of alkyl halides is 5. The summed E-state index contributed by atoms with van der Waals surface area (Å²) in [4.78, 5) is 29.8. The average Bonchev–Trinajstić information content (AvgIpc) is 3.69. The van der Waals surface area contributed by atoms with Crippen LogP contribution in [0.15, 0.2) is 48.7 Å². The molecule has 4 N–H and O–H groups in total. The molecule has 2 aliphatic rings. The number of nitrogens with two attached hydrogens (primary N) is 1. The second-order valence-corrected chi connectivity index (χ2v) is 11.6. The Morgan fingerprint density at radius 2 is 1.89 bits per heavy atom. The summed E-state index contributed by atoms with van der Waals surface area (Å²) in [5.41, 5.74) is -0.549. The molecule has 0 radical (unpaired) electrons. The van der Waals surface area contributed by atoms with E-state index in [1.807, 2.05) is 0 Å². The van der Waals surface area contributed by atoms with Crippen molar-refractivity contribution in [2.24, 2.45) is 5.73 Å². The molecule has 1 aliphatic carbocycles. The quantitative estimate of drug-likeness (QED) is 0.212.